The van der Waals surface area contributed by atoms with Crippen LogP contribution >= 0.6 is 0 Å². The third-order valence-electron chi connectivity index (χ3n) is 2.31. The van der Waals surface area contributed by atoms with Crippen molar-refractivity contribution in [3.8, 4) is 11.5 Å². The average Bonchev–Trinajstić information content (AvgIpc) is 2.34. The Hall–Kier alpha value is -1.94. The molecule has 2 aromatic rings. The molecule has 2 aromatic carbocycles. The van der Waals surface area contributed by atoms with Gasteiger partial charge in [0.15, 0.2) is 11.6 Å². The number of hydrogen-bond acceptors (Lipinski definition) is 2. The SMILES string of the molecule is NCc1ccccc1Oc1ccc(F)c(F)c1. The molecule has 4 heteroatoms. The normalized spacial score (nSPS) is 10.3. The molecule has 0 aliphatic rings. The first kappa shape index (κ1) is 11.5. The predicted octanol–water partition coefficient (Wildman–Crippen LogP) is 3.22. The summed E-state index contributed by atoms with van der Waals surface area (Å²) in [5.41, 5.74) is 6.35. The largest absolute Gasteiger partial charge is 0.457 e. The van der Waals surface area contributed by atoms with E-state index in [-0.39, 0.29) is 5.75 Å². The Balaban J connectivity index is 2.28. The Bertz CT molecular complexity index is 529. The van der Waals surface area contributed by atoms with Gasteiger partial charge < -0.3 is 10.5 Å². The van der Waals surface area contributed by atoms with Gasteiger partial charge in [0.1, 0.15) is 11.5 Å². The summed E-state index contributed by atoms with van der Waals surface area (Å²) >= 11 is 0. The van der Waals surface area contributed by atoms with Crippen LogP contribution in [0.2, 0.25) is 0 Å². The van der Waals surface area contributed by atoms with Gasteiger partial charge in [-0.3, -0.25) is 0 Å². The molecule has 0 unspecified atom stereocenters. The molecule has 0 saturated carbocycles. The fourth-order valence-corrected chi connectivity index (χ4v) is 1.44. The Morgan fingerprint density at radius 2 is 1.76 bits per heavy atom. The molecule has 0 fully saturated rings. The molecule has 0 saturated heterocycles. The van der Waals surface area contributed by atoms with Crippen molar-refractivity contribution in [1.82, 2.24) is 0 Å². The van der Waals surface area contributed by atoms with Crippen LogP contribution in [0.25, 0.3) is 0 Å². The standard InChI is InChI=1S/C13H11F2NO/c14-11-6-5-10(7-12(11)15)17-13-4-2-1-3-9(13)8-16/h1-7H,8,16H2. The van der Waals surface area contributed by atoms with Crippen molar-refractivity contribution in [3.63, 3.8) is 0 Å². The summed E-state index contributed by atoms with van der Waals surface area (Å²) in [5.74, 6) is -1.05. The number of ether oxygens (including phenoxy) is 1. The van der Waals surface area contributed by atoms with Gasteiger partial charge in [-0.2, -0.15) is 0 Å². The first-order valence-electron chi connectivity index (χ1n) is 5.11. The van der Waals surface area contributed by atoms with E-state index in [4.69, 9.17) is 10.5 Å². The third-order valence-corrected chi connectivity index (χ3v) is 2.31. The van der Waals surface area contributed by atoms with Gasteiger partial charge in [-0.25, -0.2) is 8.78 Å². The minimum atomic E-state index is -0.937. The number of benzene rings is 2. The molecule has 0 atom stereocenters. The average molecular weight is 235 g/mol. The molecule has 17 heavy (non-hydrogen) atoms. The Kier molecular flexibility index (Phi) is 3.35. The highest BCUT2D eigenvalue weighted by Gasteiger charge is 2.06. The van der Waals surface area contributed by atoms with Crippen molar-refractivity contribution in [2.75, 3.05) is 0 Å². The van der Waals surface area contributed by atoms with Gasteiger partial charge in [-0.15, -0.1) is 0 Å². The number of nitrogens with two attached hydrogens (primary N) is 1. The molecule has 0 aliphatic carbocycles. The summed E-state index contributed by atoms with van der Waals surface area (Å²) in [6.45, 7) is 0.319. The molecule has 0 aliphatic heterocycles. The summed E-state index contributed by atoms with van der Waals surface area (Å²) in [7, 11) is 0. The van der Waals surface area contributed by atoms with Crippen LogP contribution in [0.3, 0.4) is 0 Å². The van der Waals surface area contributed by atoms with Crippen LogP contribution < -0.4 is 10.5 Å². The molecule has 0 bridgehead atoms. The number of rotatable bonds is 3. The lowest BCUT2D eigenvalue weighted by molar-refractivity contribution is 0.457. The number of hydrogen-bond donors (Lipinski definition) is 1. The van der Waals surface area contributed by atoms with Crippen LogP contribution in [0.5, 0.6) is 11.5 Å². The second-order valence-electron chi connectivity index (χ2n) is 3.49. The van der Waals surface area contributed by atoms with Gasteiger partial charge in [0.25, 0.3) is 0 Å². The second-order valence-corrected chi connectivity index (χ2v) is 3.49. The van der Waals surface area contributed by atoms with Crippen molar-refractivity contribution >= 4 is 0 Å². The highest BCUT2D eigenvalue weighted by atomic mass is 19.2. The first-order valence-corrected chi connectivity index (χ1v) is 5.11. The lowest BCUT2D eigenvalue weighted by atomic mass is 10.2. The molecule has 88 valence electrons. The van der Waals surface area contributed by atoms with E-state index in [0.29, 0.717) is 12.3 Å². The molecule has 2 nitrogen and oxygen atoms in total. The maximum absolute atomic E-state index is 13.0. The minimum absolute atomic E-state index is 0.241. The quantitative estimate of drug-likeness (QED) is 0.886. The fraction of sp³-hybridized carbons (Fsp3) is 0.0769. The van der Waals surface area contributed by atoms with Gasteiger partial charge in [0.2, 0.25) is 0 Å². The van der Waals surface area contributed by atoms with Crippen LogP contribution in [0.1, 0.15) is 5.56 Å². The highest BCUT2D eigenvalue weighted by molar-refractivity contribution is 5.37. The van der Waals surface area contributed by atoms with Crippen LogP contribution in [0.15, 0.2) is 42.5 Å². The summed E-state index contributed by atoms with van der Waals surface area (Å²) < 4.78 is 31.2. The topological polar surface area (TPSA) is 35.2 Å². The smallest absolute Gasteiger partial charge is 0.162 e. The zero-order valence-corrected chi connectivity index (χ0v) is 8.99. The van der Waals surface area contributed by atoms with Gasteiger partial charge in [0.05, 0.1) is 0 Å². The summed E-state index contributed by atoms with van der Waals surface area (Å²) in [6, 6.07) is 10.6. The first-order chi connectivity index (χ1) is 8.20. The second kappa shape index (κ2) is 4.93. The highest BCUT2D eigenvalue weighted by Crippen LogP contribution is 2.25. The molecular formula is C13H11F2NO. The molecule has 0 aromatic heterocycles. The van der Waals surface area contributed by atoms with Crippen LogP contribution in [-0.2, 0) is 6.54 Å². The molecule has 2 rings (SSSR count). The maximum atomic E-state index is 13.0. The molecule has 0 radical (unpaired) electrons. The van der Waals surface area contributed by atoms with E-state index < -0.39 is 11.6 Å². The van der Waals surface area contributed by atoms with Crippen molar-refractivity contribution in [2.24, 2.45) is 5.73 Å². The van der Waals surface area contributed by atoms with Gasteiger partial charge in [-0.1, -0.05) is 18.2 Å². The van der Waals surface area contributed by atoms with E-state index in [0.717, 1.165) is 17.7 Å². The van der Waals surface area contributed by atoms with Crippen LogP contribution in [-0.4, -0.2) is 0 Å². The lowest BCUT2D eigenvalue weighted by Gasteiger charge is -2.09. The van der Waals surface area contributed by atoms with Crippen molar-refractivity contribution in [2.45, 2.75) is 6.54 Å². The molecule has 0 heterocycles. The molecule has 2 N–H and O–H groups in total. The van der Waals surface area contributed by atoms with E-state index in [9.17, 15) is 8.78 Å². The van der Waals surface area contributed by atoms with E-state index in [1.807, 2.05) is 12.1 Å². The zero-order valence-electron chi connectivity index (χ0n) is 8.99. The summed E-state index contributed by atoms with van der Waals surface area (Å²) in [6.07, 6.45) is 0. The number of para-hydroxylation sites is 1. The van der Waals surface area contributed by atoms with E-state index >= 15 is 0 Å². The zero-order chi connectivity index (χ0) is 12.3. The van der Waals surface area contributed by atoms with E-state index in [2.05, 4.69) is 0 Å². The Labute approximate surface area is 97.6 Å². The van der Waals surface area contributed by atoms with Gasteiger partial charge in [-0.05, 0) is 18.2 Å². The van der Waals surface area contributed by atoms with Crippen molar-refractivity contribution in [1.29, 1.82) is 0 Å². The maximum Gasteiger partial charge on any atom is 0.162 e. The van der Waals surface area contributed by atoms with Crippen molar-refractivity contribution in [3.05, 3.63) is 59.7 Å². The van der Waals surface area contributed by atoms with Crippen LogP contribution in [0, 0.1) is 11.6 Å². The van der Waals surface area contributed by atoms with Gasteiger partial charge in [0, 0.05) is 18.2 Å². The van der Waals surface area contributed by atoms with Gasteiger partial charge >= 0.3 is 0 Å². The molecule has 0 spiro atoms. The fourth-order valence-electron chi connectivity index (χ4n) is 1.44. The van der Waals surface area contributed by atoms with E-state index in [1.54, 1.807) is 12.1 Å². The Morgan fingerprint density at radius 3 is 2.47 bits per heavy atom. The number of halogens is 2. The van der Waals surface area contributed by atoms with E-state index in [1.165, 1.54) is 6.07 Å². The summed E-state index contributed by atoms with van der Waals surface area (Å²) in [5, 5.41) is 0. The summed E-state index contributed by atoms with van der Waals surface area (Å²) in [4.78, 5) is 0. The Morgan fingerprint density at radius 1 is 1.00 bits per heavy atom. The predicted molar refractivity (Wildman–Crippen MR) is 60.8 cm³/mol. The molecule has 0 amide bonds. The lowest BCUT2D eigenvalue weighted by Crippen LogP contribution is -1.99. The third kappa shape index (κ3) is 2.60. The van der Waals surface area contributed by atoms with Crippen molar-refractivity contribution < 1.29 is 13.5 Å². The minimum Gasteiger partial charge on any atom is -0.457 e. The molecular weight excluding hydrogens is 224 g/mol. The monoisotopic (exact) mass is 235 g/mol. The van der Waals surface area contributed by atoms with Crippen LogP contribution in [0.4, 0.5) is 8.78 Å².